The molecule has 9 heteroatoms. The smallest absolute Gasteiger partial charge is 0.408 e. The van der Waals surface area contributed by atoms with Crippen molar-refractivity contribution in [3.05, 3.63) is 58.6 Å². The molecular formula is C18H19N3O5S. The van der Waals surface area contributed by atoms with E-state index in [0.29, 0.717) is 35.4 Å². The van der Waals surface area contributed by atoms with Gasteiger partial charge in [-0.2, -0.15) is 4.31 Å². The van der Waals surface area contributed by atoms with Gasteiger partial charge < -0.3 is 9.73 Å². The summed E-state index contributed by atoms with van der Waals surface area (Å²) in [5, 5.41) is 2.70. The number of rotatable bonds is 6. The highest BCUT2D eigenvalue weighted by molar-refractivity contribution is 7.89. The van der Waals surface area contributed by atoms with E-state index in [1.54, 1.807) is 32.0 Å². The van der Waals surface area contributed by atoms with Crippen molar-refractivity contribution in [3.8, 4) is 0 Å². The Balaban J connectivity index is 1.79. The van der Waals surface area contributed by atoms with Crippen LogP contribution in [0.3, 0.4) is 0 Å². The van der Waals surface area contributed by atoms with Crippen LogP contribution in [0.15, 0.2) is 56.6 Å². The Bertz CT molecular complexity index is 1130. The van der Waals surface area contributed by atoms with Crippen LogP contribution < -0.4 is 11.1 Å². The lowest BCUT2D eigenvalue weighted by Crippen LogP contribution is -2.30. The van der Waals surface area contributed by atoms with Crippen LogP contribution in [0, 0.1) is 0 Å². The number of anilines is 1. The second-order valence-electron chi connectivity index (χ2n) is 5.79. The minimum Gasteiger partial charge on any atom is -0.408 e. The number of hydrogen-bond donors (Lipinski definition) is 2. The molecule has 3 aromatic rings. The van der Waals surface area contributed by atoms with Crippen molar-refractivity contribution in [2.75, 3.05) is 18.4 Å². The number of aromatic amines is 1. The number of oxazole rings is 1. The van der Waals surface area contributed by atoms with E-state index < -0.39 is 21.7 Å². The maximum Gasteiger partial charge on any atom is 0.417 e. The van der Waals surface area contributed by atoms with Crippen molar-refractivity contribution < 1.29 is 17.6 Å². The molecule has 1 amide bonds. The molecule has 1 aromatic heterocycles. The van der Waals surface area contributed by atoms with E-state index in [9.17, 15) is 18.0 Å². The summed E-state index contributed by atoms with van der Waals surface area (Å²) in [6.45, 7) is 4.29. The lowest BCUT2D eigenvalue weighted by Gasteiger charge is -2.18. The first-order chi connectivity index (χ1) is 12.8. The fourth-order valence-electron chi connectivity index (χ4n) is 2.72. The van der Waals surface area contributed by atoms with E-state index in [-0.39, 0.29) is 4.90 Å². The Morgan fingerprint density at radius 3 is 2.41 bits per heavy atom. The summed E-state index contributed by atoms with van der Waals surface area (Å²) in [5.74, 6) is -0.967. The van der Waals surface area contributed by atoms with E-state index in [1.807, 2.05) is 0 Å². The number of hydrogen-bond acceptors (Lipinski definition) is 5. The van der Waals surface area contributed by atoms with Crippen molar-refractivity contribution in [3.63, 3.8) is 0 Å². The van der Waals surface area contributed by atoms with Crippen LogP contribution in [-0.4, -0.2) is 36.7 Å². The summed E-state index contributed by atoms with van der Waals surface area (Å²) in [6, 6.07) is 10.5. The minimum atomic E-state index is -3.57. The molecule has 0 aliphatic carbocycles. The highest BCUT2D eigenvalue weighted by atomic mass is 32.2. The predicted octanol–water partition coefficient (Wildman–Crippen LogP) is 2.40. The average Bonchev–Trinajstić information content (AvgIpc) is 3.02. The molecule has 2 aromatic carbocycles. The number of nitrogens with zero attached hydrogens (tertiary/aromatic N) is 1. The van der Waals surface area contributed by atoms with Crippen molar-refractivity contribution in [1.82, 2.24) is 9.29 Å². The Morgan fingerprint density at radius 1 is 1.11 bits per heavy atom. The van der Waals surface area contributed by atoms with Crippen LogP contribution >= 0.6 is 0 Å². The Morgan fingerprint density at radius 2 is 1.78 bits per heavy atom. The SMILES string of the molecule is CCN(CC)S(=O)(=O)c1ccc(C(=O)Nc2ccc3oc(=O)[nH]c3c2)cc1. The van der Waals surface area contributed by atoms with Gasteiger partial charge in [0.2, 0.25) is 10.0 Å². The molecule has 0 radical (unpaired) electrons. The number of nitrogens with one attached hydrogen (secondary N) is 2. The fourth-order valence-corrected chi connectivity index (χ4v) is 4.18. The minimum absolute atomic E-state index is 0.139. The van der Waals surface area contributed by atoms with E-state index in [0.717, 1.165) is 0 Å². The number of amides is 1. The lowest BCUT2D eigenvalue weighted by molar-refractivity contribution is 0.102. The Labute approximate surface area is 155 Å². The number of fused-ring (bicyclic) bond motifs is 1. The Hall–Kier alpha value is -2.91. The molecule has 27 heavy (non-hydrogen) atoms. The van der Waals surface area contributed by atoms with Crippen molar-refractivity contribution in [2.45, 2.75) is 18.7 Å². The van der Waals surface area contributed by atoms with Crippen LogP contribution in [0.1, 0.15) is 24.2 Å². The zero-order chi connectivity index (χ0) is 19.6. The Kier molecular flexibility index (Phi) is 5.15. The van der Waals surface area contributed by atoms with E-state index in [1.165, 1.54) is 28.6 Å². The van der Waals surface area contributed by atoms with Gasteiger partial charge in [-0.3, -0.25) is 9.78 Å². The number of sulfonamides is 1. The number of benzene rings is 2. The molecule has 2 N–H and O–H groups in total. The summed E-state index contributed by atoms with van der Waals surface area (Å²) >= 11 is 0. The zero-order valence-corrected chi connectivity index (χ0v) is 15.7. The molecule has 0 spiro atoms. The molecule has 0 unspecified atom stereocenters. The van der Waals surface area contributed by atoms with Gasteiger partial charge in [0.25, 0.3) is 5.91 Å². The third-order valence-corrected chi connectivity index (χ3v) is 6.20. The number of carbonyl (C=O) groups excluding carboxylic acids is 1. The molecule has 0 saturated carbocycles. The molecule has 8 nitrogen and oxygen atoms in total. The number of carbonyl (C=O) groups is 1. The van der Waals surface area contributed by atoms with Crippen molar-refractivity contribution in [2.24, 2.45) is 0 Å². The first kappa shape index (κ1) is 18.9. The second-order valence-corrected chi connectivity index (χ2v) is 7.73. The molecule has 1 heterocycles. The molecule has 0 bridgehead atoms. The van der Waals surface area contributed by atoms with Gasteiger partial charge in [-0.15, -0.1) is 0 Å². The number of H-pyrrole nitrogens is 1. The summed E-state index contributed by atoms with van der Waals surface area (Å²) in [6.07, 6.45) is 0. The first-order valence-corrected chi connectivity index (χ1v) is 9.83. The third kappa shape index (κ3) is 3.79. The van der Waals surface area contributed by atoms with Crippen LogP contribution in [0.25, 0.3) is 11.1 Å². The maximum absolute atomic E-state index is 12.5. The van der Waals surface area contributed by atoms with Gasteiger partial charge >= 0.3 is 5.76 Å². The van der Waals surface area contributed by atoms with Crippen molar-refractivity contribution >= 4 is 32.7 Å². The van der Waals surface area contributed by atoms with Gasteiger partial charge in [-0.1, -0.05) is 13.8 Å². The standard InChI is InChI=1S/C18H19N3O5S/c1-3-21(4-2)27(24,25)14-8-5-12(6-9-14)17(22)19-13-7-10-16-15(11-13)20-18(23)26-16/h5-11H,3-4H2,1-2H3,(H,19,22)(H,20,23). The van der Waals surface area contributed by atoms with Gasteiger partial charge in [0.05, 0.1) is 10.4 Å². The topological polar surface area (TPSA) is 112 Å². The lowest BCUT2D eigenvalue weighted by atomic mass is 10.2. The molecule has 0 atom stereocenters. The first-order valence-electron chi connectivity index (χ1n) is 8.39. The van der Waals surface area contributed by atoms with E-state index in [4.69, 9.17) is 4.42 Å². The van der Waals surface area contributed by atoms with Crippen LogP contribution in [0.5, 0.6) is 0 Å². The quantitative estimate of drug-likeness (QED) is 0.672. The van der Waals surface area contributed by atoms with Gasteiger partial charge in [0.1, 0.15) is 0 Å². The predicted molar refractivity (Wildman–Crippen MR) is 101 cm³/mol. The summed E-state index contributed by atoms with van der Waals surface area (Å²) < 4.78 is 31.2. The highest BCUT2D eigenvalue weighted by Gasteiger charge is 2.21. The van der Waals surface area contributed by atoms with Gasteiger partial charge in [0, 0.05) is 24.3 Å². The molecule has 3 rings (SSSR count). The normalized spacial score (nSPS) is 11.8. The molecule has 0 aliphatic rings. The fraction of sp³-hybridized carbons (Fsp3) is 0.222. The van der Waals surface area contributed by atoms with Gasteiger partial charge in [-0.25, -0.2) is 13.2 Å². The molecule has 142 valence electrons. The highest BCUT2D eigenvalue weighted by Crippen LogP contribution is 2.19. The van der Waals surface area contributed by atoms with Crippen LogP contribution in [0.2, 0.25) is 0 Å². The summed E-state index contributed by atoms with van der Waals surface area (Å²) in [7, 11) is -3.57. The molecule has 0 fully saturated rings. The number of aromatic nitrogens is 1. The summed E-state index contributed by atoms with van der Waals surface area (Å²) in [4.78, 5) is 26.2. The largest absolute Gasteiger partial charge is 0.417 e. The average molecular weight is 389 g/mol. The molecule has 0 aliphatic heterocycles. The second kappa shape index (κ2) is 7.37. The van der Waals surface area contributed by atoms with Crippen LogP contribution in [0.4, 0.5) is 5.69 Å². The third-order valence-electron chi connectivity index (χ3n) is 4.14. The van der Waals surface area contributed by atoms with E-state index >= 15 is 0 Å². The zero-order valence-electron chi connectivity index (χ0n) is 14.9. The van der Waals surface area contributed by atoms with Gasteiger partial charge in [0.15, 0.2) is 5.58 Å². The van der Waals surface area contributed by atoms with Crippen LogP contribution in [-0.2, 0) is 10.0 Å². The van der Waals surface area contributed by atoms with Gasteiger partial charge in [-0.05, 0) is 42.5 Å². The maximum atomic E-state index is 12.5. The monoisotopic (exact) mass is 389 g/mol. The molecule has 0 saturated heterocycles. The van der Waals surface area contributed by atoms with E-state index in [2.05, 4.69) is 10.3 Å². The van der Waals surface area contributed by atoms with Crippen molar-refractivity contribution in [1.29, 1.82) is 0 Å². The molecular weight excluding hydrogens is 370 g/mol. The summed E-state index contributed by atoms with van der Waals surface area (Å²) in [5.41, 5.74) is 1.65.